The molecule has 1 atom stereocenters. The van der Waals surface area contributed by atoms with Gasteiger partial charge in [-0.05, 0) is 18.1 Å². The van der Waals surface area contributed by atoms with E-state index in [4.69, 9.17) is 4.74 Å². The quantitative estimate of drug-likeness (QED) is 0.858. The Morgan fingerprint density at radius 1 is 1.29 bits per heavy atom. The first-order valence-corrected chi connectivity index (χ1v) is 5.74. The van der Waals surface area contributed by atoms with Crippen molar-refractivity contribution in [2.24, 2.45) is 5.92 Å². The number of hydrogen-bond donors (Lipinski definition) is 1. The molecule has 0 fully saturated rings. The van der Waals surface area contributed by atoms with Crippen LogP contribution < -0.4 is 5.32 Å². The first-order chi connectivity index (χ1) is 8.29. The van der Waals surface area contributed by atoms with Gasteiger partial charge in [0.05, 0.1) is 23.8 Å². The van der Waals surface area contributed by atoms with E-state index in [1.165, 1.54) is 0 Å². The second-order valence-corrected chi connectivity index (χ2v) is 4.19. The van der Waals surface area contributed by atoms with Crippen LogP contribution in [0.4, 0.5) is 5.82 Å². The monoisotopic (exact) mass is 231 g/mol. The van der Waals surface area contributed by atoms with Crippen molar-refractivity contribution in [3.8, 4) is 0 Å². The summed E-state index contributed by atoms with van der Waals surface area (Å²) in [5, 5.41) is 3.27. The maximum absolute atomic E-state index is 5.09. The molecule has 1 N–H and O–H groups in total. The van der Waals surface area contributed by atoms with E-state index in [-0.39, 0.29) is 0 Å². The van der Waals surface area contributed by atoms with Crippen molar-refractivity contribution in [1.82, 2.24) is 9.97 Å². The summed E-state index contributed by atoms with van der Waals surface area (Å²) in [6.07, 6.45) is 1.77. The number of fused-ring (bicyclic) bond motifs is 1. The topological polar surface area (TPSA) is 47.0 Å². The summed E-state index contributed by atoms with van der Waals surface area (Å²) in [7, 11) is 1.71. The van der Waals surface area contributed by atoms with Crippen molar-refractivity contribution >= 4 is 16.9 Å². The maximum Gasteiger partial charge on any atom is 0.145 e. The Balaban J connectivity index is 2.04. The summed E-state index contributed by atoms with van der Waals surface area (Å²) in [5.41, 5.74) is 1.83. The van der Waals surface area contributed by atoms with Crippen molar-refractivity contribution < 1.29 is 4.74 Å². The lowest BCUT2D eigenvalue weighted by atomic mass is 10.2. The van der Waals surface area contributed by atoms with Gasteiger partial charge in [0, 0.05) is 13.7 Å². The minimum atomic E-state index is 0.452. The molecule has 0 saturated carbocycles. The van der Waals surface area contributed by atoms with Crippen molar-refractivity contribution in [2.75, 3.05) is 25.6 Å². The number of ether oxygens (including phenoxy) is 1. The molecule has 0 aliphatic heterocycles. The minimum Gasteiger partial charge on any atom is -0.384 e. The second kappa shape index (κ2) is 5.59. The maximum atomic E-state index is 5.09. The third-order valence-corrected chi connectivity index (χ3v) is 2.53. The first kappa shape index (κ1) is 11.8. The van der Waals surface area contributed by atoms with E-state index in [0.717, 1.165) is 30.0 Å². The number of aromatic nitrogens is 2. The number of methoxy groups -OCH3 is 1. The number of benzene rings is 1. The largest absolute Gasteiger partial charge is 0.384 e. The fraction of sp³-hybridized carbons (Fsp3) is 0.385. The Bertz CT molecular complexity index is 487. The highest BCUT2D eigenvalue weighted by Crippen LogP contribution is 2.11. The van der Waals surface area contributed by atoms with Crippen LogP contribution in [-0.2, 0) is 4.74 Å². The van der Waals surface area contributed by atoms with Crippen LogP contribution in [0.3, 0.4) is 0 Å². The molecule has 1 aromatic carbocycles. The Morgan fingerprint density at radius 2 is 2.06 bits per heavy atom. The molecule has 0 aliphatic carbocycles. The molecule has 1 heterocycles. The fourth-order valence-electron chi connectivity index (χ4n) is 1.66. The molecule has 2 aromatic rings. The van der Waals surface area contributed by atoms with Gasteiger partial charge in [0.15, 0.2) is 0 Å². The lowest BCUT2D eigenvalue weighted by molar-refractivity contribution is 0.164. The number of nitrogens with zero attached hydrogens (tertiary/aromatic N) is 2. The second-order valence-electron chi connectivity index (χ2n) is 4.19. The number of hydrogen-bond acceptors (Lipinski definition) is 4. The van der Waals surface area contributed by atoms with Crippen LogP contribution in [0.15, 0.2) is 30.5 Å². The predicted molar refractivity (Wildman–Crippen MR) is 69.1 cm³/mol. The third-order valence-electron chi connectivity index (χ3n) is 2.53. The molecule has 2 rings (SSSR count). The van der Waals surface area contributed by atoms with Crippen LogP contribution in [0.2, 0.25) is 0 Å². The predicted octanol–water partition coefficient (Wildman–Crippen LogP) is 2.32. The average Bonchev–Trinajstić information content (AvgIpc) is 2.36. The Labute approximate surface area is 101 Å². The zero-order valence-electron chi connectivity index (χ0n) is 10.2. The molecule has 0 amide bonds. The zero-order valence-corrected chi connectivity index (χ0v) is 10.2. The highest BCUT2D eigenvalue weighted by molar-refractivity contribution is 5.75. The van der Waals surface area contributed by atoms with Crippen molar-refractivity contribution in [2.45, 2.75) is 6.92 Å². The molecule has 1 aromatic heterocycles. The standard InChI is InChI=1S/C13H17N3O/c1-10(9-17-2)7-15-13-8-14-11-5-3-4-6-12(11)16-13/h3-6,8,10H,7,9H2,1-2H3,(H,15,16). The SMILES string of the molecule is COCC(C)CNc1cnc2ccccc2n1. The minimum absolute atomic E-state index is 0.452. The smallest absolute Gasteiger partial charge is 0.145 e. The highest BCUT2D eigenvalue weighted by atomic mass is 16.5. The van der Waals surface area contributed by atoms with Gasteiger partial charge in [0.25, 0.3) is 0 Å². The lowest BCUT2D eigenvalue weighted by Gasteiger charge is -2.11. The molecule has 1 unspecified atom stereocenters. The Morgan fingerprint density at radius 3 is 2.82 bits per heavy atom. The van der Waals surface area contributed by atoms with Crippen LogP contribution >= 0.6 is 0 Å². The molecule has 0 bridgehead atoms. The summed E-state index contributed by atoms with van der Waals surface area (Å²) in [5.74, 6) is 1.26. The van der Waals surface area contributed by atoms with Gasteiger partial charge in [0.2, 0.25) is 0 Å². The Hall–Kier alpha value is -1.68. The summed E-state index contributed by atoms with van der Waals surface area (Å²) in [6, 6.07) is 7.85. The van der Waals surface area contributed by atoms with Gasteiger partial charge in [-0.25, -0.2) is 4.98 Å². The highest BCUT2D eigenvalue weighted by Gasteiger charge is 2.02. The van der Waals surface area contributed by atoms with Crippen molar-refractivity contribution in [1.29, 1.82) is 0 Å². The number of rotatable bonds is 5. The third kappa shape index (κ3) is 3.14. The number of anilines is 1. The number of para-hydroxylation sites is 2. The van der Waals surface area contributed by atoms with Gasteiger partial charge in [-0.2, -0.15) is 0 Å². The van der Waals surface area contributed by atoms with Gasteiger partial charge >= 0.3 is 0 Å². The van der Waals surface area contributed by atoms with Crippen molar-refractivity contribution in [3.05, 3.63) is 30.5 Å². The van der Waals surface area contributed by atoms with Gasteiger partial charge in [-0.15, -0.1) is 0 Å². The van der Waals surface area contributed by atoms with E-state index in [1.807, 2.05) is 24.3 Å². The lowest BCUT2D eigenvalue weighted by Crippen LogP contribution is -2.16. The van der Waals surface area contributed by atoms with E-state index in [0.29, 0.717) is 5.92 Å². The van der Waals surface area contributed by atoms with Gasteiger partial charge in [-0.1, -0.05) is 19.1 Å². The molecule has 0 spiro atoms. The molecule has 17 heavy (non-hydrogen) atoms. The molecule has 4 nitrogen and oxygen atoms in total. The van der Waals surface area contributed by atoms with E-state index < -0.39 is 0 Å². The van der Waals surface area contributed by atoms with E-state index >= 15 is 0 Å². The molecule has 4 heteroatoms. The Kier molecular flexibility index (Phi) is 3.88. The summed E-state index contributed by atoms with van der Waals surface area (Å²) in [6.45, 7) is 3.71. The van der Waals surface area contributed by atoms with Crippen LogP contribution in [0.5, 0.6) is 0 Å². The molecular formula is C13H17N3O. The first-order valence-electron chi connectivity index (χ1n) is 5.74. The van der Waals surface area contributed by atoms with Crippen molar-refractivity contribution in [3.63, 3.8) is 0 Å². The normalized spacial score (nSPS) is 12.6. The van der Waals surface area contributed by atoms with Gasteiger partial charge in [0.1, 0.15) is 5.82 Å². The molecule has 0 aliphatic rings. The van der Waals surface area contributed by atoms with E-state index in [1.54, 1.807) is 13.3 Å². The molecule has 0 radical (unpaired) electrons. The average molecular weight is 231 g/mol. The van der Waals surface area contributed by atoms with E-state index in [2.05, 4.69) is 22.2 Å². The van der Waals surface area contributed by atoms with Crippen LogP contribution in [0.25, 0.3) is 11.0 Å². The van der Waals surface area contributed by atoms with E-state index in [9.17, 15) is 0 Å². The molecule has 90 valence electrons. The zero-order chi connectivity index (χ0) is 12.1. The van der Waals surface area contributed by atoms with Crippen LogP contribution in [0, 0.1) is 5.92 Å². The summed E-state index contributed by atoms with van der Waals surface area (Å²) in [4.78, 5) is 8.84. The molecular weight excluding hydrogens is 214 g/mol. The van der Waals surface area contributed by atoms with Crippen LogP contribution in [0.1, 0.15) is 6.92 Å². The van der Waals surface area contributed by atoms with Gasteiger partial charge in [-0.3, -0.25) is 4.98 Å². The molecule has 0 saturated heterocycles. The fourth-order valence-corrected chi connectivity index (χ4v) is 1.66. The number of nitrogens with one attached hydrogen (secondary N) is 1. The summed E-state index contributed by atoms with van der Waals surface area (Å²) < 4.78 is 5.09. The van der Waals surface area contributed by atoms with Gasteiger partial charge < -0.3 is 10.1 Å². The van der Waals surface area contributed by atoms with Crippen LogP contribution in [-0.4, -0.2) is 30.2 Å². The summed E-state index contributed by atoms with van der Waals surface area (Å²) >= 11 is 0.